The number of hydrogen-bond donors (Lipinski definition) is 1. The van der Waals surface area contributed by atoms with Crippen molar-refractivity contribution in [1.29, 1.82) is 0 Å². The molecule has 0 bridgehead atoms. The van der Waals surface area contributed by atoms with Crippen molar-refractivity contribution in [2.24, 2.45) is 0 Å². The second-order valence-corrected chi connectivity index (χ2v) is 5.83. The van der Waals surface area contributed by atoms with Crippen LogP contribution in [0.5, 0.6) is 0 Å². The van der Waals surface area contributed by atoms with Crippen LogP contribution in [0, 0.1) is 0 Å². The Hall–Kier alpha value is -0.350. The zero-order valence-electron chi connectivity index (χ0n) is 11.5. The molecule has 19 heavy (non-hydrogen) atoms. The van der Waals surface area contributed by atoms with Crippen LogP contribution in [0.1, 0.15) is 32.3 Å². The van der Waals surface area contributed by atoms with E-state index < -0.39 is 0 Å². The molecule has 2 atom stereocenters. The van der Waals surface area contributed by atoms with Crippen LogP contribution in [0.15, 0.2) is 12.1 Å². The van der Waals surface area contributed by atoms with Gasteiger partial charge in [0.25, 0.3) is 0 Å². The molecule has 1 fully saturated rings. The first kappa shape index (κ1) is 15.0. The lowest BCUT2D eigenvalue weighted by Gasteiger charge is -2.40. The normalized spacial score (nSPS) is 24.6. The maximum atomic E-state index is 6.17. The molecule has 5 heteroatoms. The van der Waals surface area contributed by atoms with E-state index in [2.05, 4.69) is 29.0 Å². The van der Waals surface area contributed by atoms with Gasteiger partial charge in [-0.25, -0.2) is 4.98 Å². The van der Waals surface area contributed by atoms with Crippen molar-refractivity contribution in [3.8, 4) is 0 Å². The van der Waals surface area contributed by atoms with Gasteiger partial charge >= 0.3 is 0 Å². The Morgan fingerprint density at radius 1 is 1.32 bits per heavy atom. The highest BCUT2D eigenvalue weighted by Crippen LogP contribution is 2.21. The molecule has 1 N–H and O–H groups in total. The number of nitrogens with one attached hydrogen (secondary N) is 1. The minimum Gasteiger partial charge on any atom is -0.311 e. The predicted octanol–water partition coefficient (Wildman–Crippen LogP) is 3.35. The van der Waals surface area contributed by atoms with E-state index in [1.165, 1.54) is 0 Å². The molecule has 1 aromatic rings. The van der Waals surface area contributed by atoms with E-state index in [1.54, 1.807) is 0 Å². The third-order valence-corrected chi connectivity index (χ3v) is 4.38. The fourth-order valence-corrected chi connectivity index (χ4v) is 2.98. The highest BCUT2D eigenvalue weighted by molar-refractivity contribution is 6.32. The maximum absolute atomic E-state index is 6.17. The van der Waals surface area contributed by atoms with Crippen molar-refractivity contribution in [1.82, 2.24) is 15.2 Å². The lowest BCUT2D eigenvalue weighted by molar-refractivity contribution is 0.117. The van der Waals surface area contributed by atoms with E-state index >= 15 is 0 Å². The quantitative estimate of drug-likeness (QED) is 0.865. The minimum atomic E-state index is 0.451. The number of halogens is 2. The minimum absolute atomic E-state index is 0.451. The number of pyridine rings is 1. The van der Waals surface area contributed by atoms with Crippen LogP contribution in [0.25, 0.3) is 0 Å². The SMILES string of the molecule is CCC1CN(Cc2ccc(Cl)nc2Cl)C(CC)CN1. The molecule has 0 spiro atoms. The molecule has 0 aliphatic carbocycles. The molecule has 0 saturated carbocycles. The second-order valence-electron chi connectivity index (χ2n) is 5.09. The lowest BCUT2D eigenvalue weighted by atomic mass is 10.0. The summed E-state index contributed by atoms with van der Waals surface area (Å²) < 4.78 is 0. The van der Waals surface area contributed by atoms with E-state index in [4.69, 9.17) is 23.2 Å². The van der Waals surface area contributed by atoms with Crippen LogP contribution in [0.3, 0.4) is 0 Å². The number of piperazine rings is 1. The fourth-order valence-electron chi connectivity index (χ4n) is 2.58. The van der Waals surface area contributed by atoms with Crippen molar-refractivity contribution >= 4 is 23.2 Å². The summed E-state index contributed by atoms with van der Waals surface area (Å²) in [6, 6.07) is 4.92. The van der Waals surface area contributed by atoms with Crippen LogP contribution in [-0.2, 0) is 6.54 Å². The highest BCUT2D eigenvalue weighted by Gasteiger charge is 2.26. The van der Waals surface area contributed by atoms with Crippen LogP contribution in [0.4, 0.5) is 0 Å². The standard InChI is InChI=1S/C14H21Cl2N3/c1-3-11-9-19(12(4-2)7-17-11)8-10-5-6-13(15)18-14(10)16/h5-6,11-12,17H,3-4,7-9H2,1-2H3. The van der Waals surface area contributed by atoms with Crippen molar-refractivity contribution < 1.29 is 0 Å². The Morgan fingerprint density at radius 2 is 2.11 bits per heavy atom. The van der Waals surface area contributed by atoms with Crippen LogP contribution < -0.4 is 5.32 Å². The smallest absolute Gasteiger partial charge is 0.135 e. The Labute approximate surface area is 125 Å². The molecule has 1 saturated heterocycles. The first-order valence-corrected chi connectivity index (χ1v) is 7.68. The average Bonchev–Trinajstić information content (AvgIpc) is 2.41. The molecule has 0 radical (unpaired) electrons. The number of nitrogens with zero attached hydrogens (tertiary/aromatic N) is 2. The summed E-state index contributed by atoms with van der Waals surface area (Å²) in [5, 5.41) is 4.57. The van der Waals surface area contributed by atoms with Crippen LogP contribution >= 0.6 is 23.2 Å². The lowest BCUT2D eigenvalue weighted by Crippen LogP contribution is -2.55. The van der Waals surface area contributed by atoms with Crippen molar-refractivity contribution in [3.63, 3.8) is 0 Å². The topological polar surface area (TPSA) is 28.2 Å². The molecule has 1 aromatic heterocycles. The van der Waals surface area contributed by atoms with E-state index in [0.29, 0.717) is 22.4 Å². The molecule has 1 aliphatic rings. The van der Waals surface area contributed by atoms with Gasteiger partial charge in [-0.15, -0.1) is 0 Å². The summed E-state index contributed by atoms with van der Waals surface area (Å²) in [5.74, 6) is 0. The third-order valence-electron chi connectivity index (χ3n) is 3.84. The van der Waals surface area contributed by atoms with E-state index in [9.17, 15) is 0 Å². The van der Waals surface area contributed by atoms with E-state index in [-0.39, 0.29) is 0 Å². The molecule has 106 valence electrons. The molecule has 0 amide bonds. The van der Waals surface area contributed by atoms with Gasteiger partial charge in [0.2, 0.25) is 0 Å². The Bertz CT molecular complexity index is 425. The number of hydrogen-bond acceptors (Lipinski definition) is 3. The monoisotopic (exact) mass is 301 g/mol. The Morgan fingerprint density at radius 3 is 2.74 bits per heavy atom. The van der Waals surface area contributed by atoms with Gasteiger partial charge in [-0.1, -0.05) is 43.1 Å². The van der Waals surface area contributed by atoms with Gasteiger partial charge in [-0.2, -0.15) is 0 Å². The second kappa shape index (κ2) is 6.89. The van der Waals surface area contributed by atoms with Crippen molar-refractivity contribution in [3.05, 3.63) is 28.0 Å². The fraction of sp³-hybridized carbons (Fsp3) is 0.643. The molecule has 2 rings (SSSR count). The molecular formula is C14H21Cl2N3. The summed E-state index contributed by atoms with van der Waals surface area (Å²) in [5.41, 5.74) is 1.06. The molecular weight excluding hydrogens is 281 g/mol. The molecule has 0 aromatic carbocycles. The predicted molar refractivity (Wildman–Crippen MR) is 80.8 cm³/mol. The summed E-state index contributed by atoms with van der Waals surface area (Å²) in [6.45, 7) is 7.41. The van der Waals surface area contributed by atoms with Gasteiger partial charge in [0.15, 0.2) is 0 Å². The average molecular weight is 302 g/mol. The van der Waals surface area contributed by atoms with Gasteiger partial charge in [-0.3, -0.25) is 4.90 Å². The van der Waals surface area contributed by atoms with Gasteiger partial charge in [0.05, 0.1) is 0 Å². The largest absolute Gasteiger partial charge is 0.311 e. The van der Waals surface area contributed by atoms with Crippen molar-refractivity contribution in [2.75, 3.05) is 13.1 Å². The highest BCUT2D eigenvalue weighted by atomic mass is 35.5. The zero-order valence-corrected chi connectivity index (χ0v) is 13.0. The van der Waals surface area contributed by atoms with E-state index in [1.807, 2.05) is 12.1 Å². The number of rotatable bonds is 4. The van der Waals surface area contributed by atoms with Crippen molar-refractivity contribution in [2.45, 2.75) is 45.3 Å². The number of aromatic nitrogens is 1. The summed E-state index contributed by atoms with van der Waals surface area (Å²) >= 11 is 12.0. The third kappa shape index (κ3) is 3.82. The van der Waals surface area contributed by atoms with Crippen LogP contribution in [-0.4, -0.2) is 35.1 Å². The van der Waals surface area contributed by atoms with Gasteiger partial charge < -0.3 is 5.32 Å². The molecule has 2 unspecified atom stereocenters. The van der Waals surface area contributed by atoms with E-state index in [0.717, 1.165) is 38.0 Å². The van der Waals surface area contributed by atoms with Gasteiger partial charge in [0.1, 0.15) is 10.3 Å². The first-order valence-electron chi connectivity index (χ1n) is 6.92. The van der Waals surface area contributed by atoms with Gasteiger partial charge in [0, 0.05) is 37.3 Å². The van der Waals surface area contributed by atoms with Gasteiger partial charge in [-0.05, 0) is 18.9 Å². The summed E-state index contributed by atoms with van der Waals surface area (Å²) in [4.78, 5) is 6.62. The molecule has 2 heterocycles. The maximum Gasteiger partial charge on any atom is 0.135 e. The summed E-state index contributed by atoms with van der Waals surface area (Å²) in [6.07, 6.45) is 2.29. The zero-order chi connectivity index (χ0) is 13.8. The molecule has 3 nitrogen and oxygen atoms in total. The first-order chi connectivity index (χ1) is 9.13. The Balaban J connectivity index is 2.09. The Kier molecular flexibility index (Phi) is 5.46. The summed E-state index contributed by atoms with van der Waals surface area (Å²) in [7, 11) is 0. The molecule has 1 aliphatic heterocycles. The van der Waals surface area contributed by atoms with Crippen LogP contribution in [0.2, 0.25) is 10.3 Å².